The van der Waals surface area contributed by atoms with Crippen LogP contribution in [-0.2, 0) is 10.2 Å². The third-order valence-corrected chi connectivity index (χ3v) is 3.88. The molecule has 0 saturated heterocycles. The molecular formula is C18H30N2O. The van der Waals surface area contributed by atoms with Gasteiger partial charge in [-0.1, -0.05) is 52.0 Å². The maximum absolute atomic E-state index is 11.9. The van der Waals surface area contributed by atoms with Gasteiger partial charge in [0.2, 0.25) is 5.91 Å². The zero-order valence-electron chi connectivity index (χ0n) is 14.3. The number of hydrogen-bond acceptors (Lipinski definition) is 2. The Hall–Kier alpha value is -1.35. The molecular weight excluding hydrogens is 260 g/mol. The molecule has 0 aliphatic rings. The second kappa shape index (κ2) is 7.60. The molecule has 118 valence electrons. The van der Waals surface area contributed by atoms with Crippen LogP contribution in [0.15, 0.2) is 24.3 Å². The van der Waals surface area contributed by atoms with Gasteiger partial charge in [-0.05, 0) is 36.8 Å². The van der Waals surface area contributed by atoms with Crippen LogP contribution in [0.2, 0.25) is 0 Å². The van der Waals surface area contributed by atoms with Crippen molar-refractivity contribution in [2.24, 2.45) is 0 Å². The fourth-order valence-corrected chi connectivity index (χ4v) is 2.06. The summed E-state index contributed by atoms with van der Waals surface area (Å²) in [5.74, 6) is 0.0442. The zero-order valence-corrected chi connectivity index (χ0v) is 14.3. The summed E-state index contributed by atoms with van der Waals surface area (Å²) in [6.45, 7) is 13.2. The van der Waals surface area contributed by atoms with Gasteiger partial charge in [0, 0.05) is 6.04 Å². The molecule has 1 amide bonds. The molecule has 0 radical (unpaired) electrons. The molecule has 2 N–H and O–H groups in total. The summed E-state index contributed by atoms with van der Waals surface area (Å²) in [5, 5.41) is 6.24. The first-order valence-electron chi connectivity index (χ1n) is 7.87. The van der Waals surface area contributed by atoms with Crippen LogP contribution in [0.3, 0.4) is 0 Å². The van der Waals surface area contributed by atoms with Crippen LogP contribution < -0.4 is 10.6 Å². The fraction of sp³-hybridized carbons (Fsp3) is 0.611. The summed E-state index contributed by atoms with van der Waals surface area (Å²) in [4.78, 5) is 11.9. The van der Waals surface area contributed by atoms with E-state index in [9.17, 15) is 4.79 Å². The Labute approximate surface area is 129 Å². The van der Waals surface area contributed by atoms with Gasteiger partial charge in [-0.2, -0.15) is 0 Å². The van der Waals surface area contributed by atoms with Gasteiger partial charge >= 0.3 is 0 Å². The first-order chi connectivity index (χ1) is 9.74. The molecule has 0 spiro atoms. The molecule has 0 bridgehead atoms. The van der Waals surface area contributed by atoms with Crippen molar-refractivity contribution in [2.75, 3.05) is 6.54 Å². The zero-order chi connectivity index (χ0) is 16.0. The predicted octanol–water partition coefficient (Wildman–Crippen LogP) is 3.55. The highest BCUT2D eigenvalue weighted by Gasteiger charge is 2.15. The number of amides is 1. The van der Waals surface area contributed by atoms with Crippen LogP contribution in [0, 0.1) is 0 Å². The number of hydrogen-bond donors (Lipinski definition) is 2. The van der Waals surface area contributed by atoms with Gasteiger partial charge in [-0.25, -0.2) is 0 Å². The maximum Gasteiger partial charge on any atom is 0.234 e. The molecule has 2 unspecified atom stereocenters. The largest absolute Gasteiger partial charge is 0.348 e. The lowest BCUT2D eigenvalue weighted by Crippen LogP contribution is -2.38. The van der Waals surface area contributed by atoms with E-state index in [1.807, 2.05) is 6.92 Å². The van der Waals surface area contributed by atoms with Crippen LogP contribution in [0.5, 0.6) is 0 Å². The highest BCUT2D eigenvalue weighted by molar-refractivity contribution is 5.78. The Morgan fingerprint density at radius 3 is 2.19 bits per heavy atom. The molecule has 0 aromatic heterocycles. The molecule has 3 heteroatoms. The molecule has 0 saturated carbocycles. The molecule has 1 aromatic carbocycles. The van der Waals surface area contributed by atoms with Gasteiger partial charge in [0.1, 0.15) is 0 Å². The quantitative estimate of drug-likeness (QED) is 0.841. The van der Waals surface area contributed by atoms with Crippen molar-refractivity contribution in [3.63, 3.8) is 0 Å². The molecule has 2 atom stereocenters. The molecule has 1 aromatic rings. The molecule has 0 aliphatic heterocycles. The third-order valence-electron chi connectivity index (χ3n) is 3.88. The Balaban J connectivity index is 2.55. The van der Waals surface area contributed by atoms with Crippen molar-refractivity contribution in [1.29, 1.82) is 0 Å². The lowest BCUT2D eigenvalue weighted by Gasteiger charge is -2.21. The molecule has 0 heterocycles. The van der Waals surface area contributed by atoms with Gasteiger partial charge in [-0.3, -0.25) is 4.79 Å². The minimum absolute atomic E-state index is 0.0326. The summed E-state index contributed by atoms with van der Waals surface area (Å²) in [7, 11) is 0. The second-order valence-corrected chi connectivity index (χ2v) is 6.85. The first kappa shape index (κ1) is 17.7. The Kier molecular flexibility index (Phi) is 6.41. The van der Waals surface area contributed by atoms with Gasteiger partial charge in [0.15, 0.2) is 0 Å². The first-order valence-corrected chi connectivity index (χ1v) is 7.87. The van der Waals surface area contributed by atoms with E-state index in [4.69, 9.17) is 0 Å². The average molecular weight is 290 g/mol. The predicted molar refractivity (Wildman–Crippen MR) is 89.5 cm³/mol. The highest BCUT2D eigenvalue weighted by atomic mass is 16.1. The summed E-state index contributed by atoms with van der Waals surface area (Å²) in [6.07, 6.45) is 1.02. The lowest BCUT2D eigenvalue weighted by atomic mass is 9.86. The van der Waals surface area contributed by atoms with Crippen LogP contribution in [0.4, 0.5) is 0 Å². The van der Waals surface area contributed by atoms with Crippen molar-refractivity contribution in [3.05, 3.63) is 35.4 Å². The van der Waals surface area contributed by atoms with E-state index in [-0.39, 0.29) is 17.4 Å². The van der Waals surface area contributed by atoms with Gasteiger partial charge < -0.3 is 10.6 Å². The Morgan fingerprint density at radius 2 is 1.71 bits per heavy atom. The van der Waals surface area contributed by atoms with Crippen molar-refractivity contribution in [3.8, 4) is 0 Å². The third kappa shape index (κ3) is 5.88. The van der Waals surface area contributed by atoms with Gasteiger partial charge in [0.05, 0.1) is 12.6 Å². The molecule has 0 fully saturated rings. The van der Waals surface area contributed by atoms with Crippen LogP contribution >= 0.6 is 0 Å². The normalized spacial score (nSPS) is 14.6. The minimum atomic E-state index is 0.0326. The summed E-state index contributed by atoms with van der Waals surface area (Å²) in [6, 6.07) is 8.91. The molecule has 1 rings (SSSR count). The standard InChI is InChI=1S/C18H30N2O/c1-7-13(2)19-12-17(21)20-14(3)15-8-10-16(11-9-15)18(4,5)6/h8-11,13-14,19H,7,12H2,1-6H3,(H,20,21). The van der Waals surface area contributed by atoms with Crippen molar-refractivity contribution in [1.82, 2.24) is 10.6 Å². The Morgan fingerprint density at radius 1 is 1.14 bits per heavy atom. The summed E-state index contributed by atoms with van der Waals surface area (Å²) < 4.78 is 0. The fourth-order valence-electron chi connectivity index (χ4n) is 2.06. The Bertz CT molecular complexity index is 445. The summed E-state index contributed by atoms with van der Waals surface area (Å²) >= 11 is 0. The van der Waals surface area contributed by atoms with E-state index in [2.05, 4.69) is 69.5 Å². The maximum atomic E-state index is 11.9. The number of rotatable bonds is 6. The van der Waals surface area contributed by atoms with Crippen LogP contribution in [-0.4, -0.2) is 18.5 Å². The van der Waals surface area contributed by atoms with E-state index in [0.29, 0.717) is 12.6 Å². The minimum Gasteiger partial charge on any atom is -0.348 e. The van der Waals surface area contributed by atoms with Crippen LogP contribution in [0.1, 0.15) is 65.1 Å². The highest BCUT2D eigenvalue weighted by Crippen LogP contribution is 2.23. The smallest absolute Gasteiger partial charge is 0.234 e. The number of benzene rings is 1. The number of carbonyl (C=O) groups is 1. The summed E-state index contributed by atoms with van der Waals surface area (Å²) in [5.41, 5.74) is 2.61. The second-order valence-electron chi connectivity index (χ2n) is 6.85. The number of nitrogens with one attached hydrogen (secondary N) is 2. The van der Waals surface area contributed by atoms with E-state index in [1.54, 1.807) is 0 Å². The molecule has 0 aliphatic carbocycles. The van der Waals surface area contributed by atoms with Gasteiger partial charge in [0.25, 0.3) is 0 Å². The van der Waals surface area contributed by atoms with E-state index in [0.717, 1.165) is 12.0 Å². The van der Waals surface area contributed by atoms with Crippen molar-refractivity contribution >= 4 is 5.91 Å². The van der Waals surface area contributed by atoms with Crippen molar-refractivity contribution in [2.45, 2.75) is 65.5 Å². The molecule has 21 heavy (non-hydrogen) atoms. The lowest BCUT2D eigenvalue weighted by molar-refractivity contribution is -0.121. The van der Waals surface area contributed by atoms with Crippen LogP contribution in [0.25, 0.3) is 0 Å². The monoisotopic (exact) mass is 290 g/mol. The van der Waals surface area contributed by atoms with E-state index < -0.39 is 0 Å². The van der Waals surface area contributed by atoms with Gasteiger partial charge in [-0.15, -0.1) is 0 Å². The topological polar surface area (TPSA) is 41.1 Å². The number of carbonyl (C=O) groups excluding carboxylic acids is 1. The van der Waals surface area contributed by atoms with Crippen molar-refractivity contribution < 1.29 is 4.79 Å². The molecule has 3 nitrogen and oxygen atoms in total. The average Bonchev–Trinajstić information content (AvgIpc) is 2.43. The van der Waals surface area contributed by atoms with E-state index >= 15 is 0 Å². The SMILES string of the molecule is CCC(C)NCC(=O)NC(C)c1ccc(C(C)(C)C)cc1. The van der Waals surface area contributed by atoms with E-state index in [1.165, 1.54) is 5.56 Å².